The Hall–Kier alpha value is -2.62. The largest absolute Gasteiger partial charge is 0.485 e. The van der Waals surface area contributed by atoms with Crippen molar-refractivity contribution in [1.29, 1.82) is 10.5 Å². The SMILES string of the molecule is CC(=N[C@@H]1c2cc(C#N)ccc2OC(C)(C)[C@H]1OS(C)(=O)=O)NC#N. The molecule has 1 aromatic rings. The summed E-state index contributed by atoms with van der Waals surface area (Å²) in [6.45, 7) is 4.97. The zero-order chi connectivity index (χ0) is 18.8. The van der Waals surface area contributed by atoms with Gasteiger partial charge in [-0.05, 0) is 39.0 Å². The predicted octanol–water partition coefficient (Wildman–Crippen LogP) is 1.60. The molecule has 0 fully saturated rings. The molecule has 1 N–H and O–H groups in total. The highest BCUT2D eigenvalue weighted by atomic mass is 32.2. The Morgan fingerprint density at radius 3 is 2.64 bits per heavy atom. The summed E-state index contributed by atoms with van der Waals surface area (Å²) in [4.78, 5) is 4.41. The molecule has 0 aromatic heterocycles. The molecule has 132 valence electrons. The standard InChI is InChI=1S/C16H18N4O4S/c1-10(19-9-18)20-14-12-7-11(8-17)5-6-13(12)23-16(2,3)15(14)24-25(4,21)22/h5-7,14-15H,1-4H3,(H,19,20)/t14-,15+/m1/s1. The lowest BCUT2D eigenvalue weighted by Crippen LogP contribution is -2.51. The zero-order valence-corrected chi connectivity index (χ0v) is 15.1. The molecule has 0 spiro atoms. The molecule has 25 heavy (non-hydrogen) atoms. The summed E-state index contributed by atoms with van der Waals surface area (Å²) in [5, 5.41) is 20.3. The highest BCUT2D eigenvalue weighted by molar-refractivity contribution is 7.86. The van der Waals surface area contributed by atoms with E-state index in [0.717, 1.165) is 6.26 Å². The third kappa shape index (κ3) is 4.27. The Morgan fingerprint density at radius 1 is 1.40 bits per heavy atom. The molecule has 0 radical (unpaired) electrons. The summed E-state index contributed by atoms with van der Waals surface area (Å²) in [5.41, 5.74) is -0.108. The van der Waals surface area contributed by atoms with Crippen molar-refractivity contribution in [3.05, 3.63) is 29.3 Å². The smallest absolute Gasteiger partial charge is 0.264 e. The normalized spacial score (nSPS) is 22.1. The number of rotatable bonds is 3. The second-order valence-corrected chi connectivity index (χ2v) is 7.79. The van der Waals surface area contributed by atoms with Crippen LogP contribution in [0.4, 0.5) is 0 Å². The molecule has 2 atom stereocenters. The first kappa shape index (κ1) is 18.7. The summed E-state index contributed by atoms with van der Waals surface area (Å²) >= 11 is 0. The third-order valence-corrected chi connectivity index (χ3v) is 4.21. The van der Waals surface area contributed by atoms with Crippen LogP contribution < -0.4 is 10.1 Å². The van der Waals surface area contributed by atoms with Crippen LogP contribution in [0.3, 0.4) is 0 Å². The quantitative estimate of drug-likeness (QED) is 0.285. The molecular weight excluding hydrogens is 344 g/mol. The van der Waals surface area contributed by atoms with Crippen molar-refractivity contribution in [2.45, 2.75) is 38.5 Å². The van der Waals surface area contributed by atoms with E-state index in [-0.39, 0.29) is 0 Å². The second-order valence-electron chi connectivity index (χ2n) is 6.19. The van der Waals surface area contributed by atoms with Gasteiger partial charge < -0.3 is 4.74 Å². The number of benzene rings is 1. The highest BCUT2D eigenvalue weighted by Crippen LogP contribution is 2.44. The van der Waals surface area contributed by atoms with Crippen molar-refractivity contribution < 1.29 is 17.3 Å². The van der Waals surface area contributed by atoms with Gasteiger partial charge in [-0.25, -0.2) is 0 Å². The molecule has 9 heteroatoms. The number of fused-ring (bicyclic) bond motifs is 1. The number of nitrogens with one attached hydrogen (secondary N) is 1. The Morgan fingerprint density at radius 2 is 2.08 bits per heavy atom. The van der Waals surface area contributed by atoms with Crippen molar-refractivity contribution in [3.63, 3.8) is 0 Å². The molecule has 2 rings (SSSR count). The third-order valence-electron chi connectivity index (χ3n) is 3.65. The Balaban J connectivity index is 2.65. The van der Waals surface area contributed by atoms with Gasteiger partial charge in [-0.2, -0.15) is 18.9 Å². The van der Waals surface area contributed by atoms with E-state index in [0.29, 0.717) is 22.7 Å². The Bertz CT molecular complexity index is 894. The van der Waals surface area contributed by atoms with Gasteiger partial charge in [-0.1, -0.05) is 0 Å². The molecule has 0 unspecified atom stereocenters. The molecule has 8 nitrogen and oxygen atoms in total. The van der Waals surface area contributed by atoms with Gasteiger partial charge >= 0.3 is 0 Å². The zero-order valence-electron chi connectivity index (χ0n) is 14.3. The summed E-state index contributed by atoms with van der Waals surface area (Å²) in [5.74, 6) is 0.775. The molecule has 1 aromatic carbocycles. The van der Waals surface area contributed by atoms with E-state index in [1.54, 1.807) is 45.2 Å². The maximum Gasteiger partial charge on any atom is 0.264 e. The lowest BCUT2D eigenvalue weighted by molar-refractivity contribution is -0.0386. The molecule has 0 aliphatic carbocycles. The molecule has 1 aliphatic heterocycles. The summed E-state index contributed by atoms with van der Waals surface area (Å²) in [7, 11) is -3.79. The minimum Gasteiger partial charge on any atom is -0.485 e. The molecule has 0 saturated carbocycles. The van der Waals surface area contributed by atoms with Gasteiger partial charge in [-0.3, -0.25) is 14.5 Å². The van der Waals surface area contributed by atoms with Crippen LogP contribution in [0.2, 0.25) is 0 Å². The minimum absolute atomic E-state index is 0.292. The van der Waals surface area contributed by atoms with Crippen LogP contribution in [0.25, 0.3) is 0 Å². The Labute approximate surface area is 146 Å². The number of amidine groups is 1. The van der Waals surface area contributed by atoms with Gasteiger partial charge in [0, 0.05) is 5.56 Å². The second kappa shape index (κ2) is 6.71. The molecule has 1 heterocycles. The van der Waals surface area contributed by atoms with Crippen LogP contribution in [0.15, 0.2) is 23.2 Å². The maximum absolute atomic E-state index is 11.7. The highest BCUT2D eigenvalue weighted by Gasteiger charge is 2.47. The van der Waals surface area contributed by atoms with Gasteiger partial charge in [0.2, 0.25) is 0 Å². The van der Waals surface area contributed by atoms with E-state index in [1.165, 1.54) is 0 Å². The number of ether oxygens (including phenoxy) is 1. The monoisotopic (exact) mass is 362 g/mol. The molecule has 0 amide bonds. The van der Waals surface area contributed by atoms with E-state index in [9.17, 15) is 8.42 Å². The van der Waals surface area contributed by atoms with E-state index >= 15 is 0 Å². The van der Waals surface area contributed by atoms with Crippen molar-refractivity contribution in [2.75, 3.05) is 6.26 Å². The maximum atomic E-state index is 11.7. The van der Waals surface area contributed by atoms with Crippen molar-refractivity contribution in [3.8, 4) is 18.0 Å². The summed E-state index contributed by atoms with van der Waals surface area (Å²) in [6, 6.07) is 6.08. The lowest BCUT2D eigenvalue weighted by atomic mass is 9.86. The van der Waals surface area contributed by atoms with E-state index < -0.39 is 27.9 Å². The van der Waals surface area contributed by atoms with Gasteiger partial charge in [0.15, 0.2) is 6.19 Å². The average Bonchev–Trinajstić information content (AvgIpc) is 2.49. The van der Waals surface area contributed by atoms with E-state index in [4.69, 9.17) is 19.4 Å². The van der Waals surface area contributed by atoms with Crippen molar-refractivity contribution in [2.24, 2.45) is 4.99 Å². The first-order valence-corrected chi connectivity index (χ1v) is 9.20. The van der Waals surface area contributed by atoms with Crippen molar-refractivity contribution in [1.82, 2.24) is 5.32 Å². The van der Waals surface area contributed by atoms with E-state index in [1.807, 2.05) is 6.07 Å². The van der Waals surface area contributed by atoms with Crippen molar-refractivity contribution >= 4 is 16.0 Å². The minimum atomic E-state index is -3.79. The number of nitriles is 2. The lowest BCUT2D eigenvalue weighted by Gasteiger charge is -2.42. The van der Waals surface area contributed by atoms with Crippen LogP contribution in [-0.2, 0) is 14.3 Å². The van der Waals surface area contributed by atoms with Crippen LogP contribution in [0, 0.1) is 22.8 Å². The first-order valence-electron chi connectivity index (χ1n) is 7.38. The average molecular weight is 362 g/mol. The van der Waals surface area contributed by atoms with Gasteiger partial charge in [0.25, 0.3) is 10.1 Å². The summed E-state index contributed by atoms with van der Waals surface area (Å²) < 4.78 is 34.6. The van der Waals surface area contributed by atoms with Crippen LogP contribution in [0.1, 0.15) is 37.9 Å². The number of hydrogen-bond donors (Lipinski definition) is 1. The van der Waals surface area contributed by atoms with Gasteiger partial charge in [0.05, 0.1) is 17.9 Å². The van der Waals surface area contributed by atoms with Crippen LogP contribution >= 0.6 is 0 Å². The predicted molar refractivity (Wildman–Crippen MR) is 90.2 cm³/mol. The summed E-state index contributed by atoms with van der Waals surface area (Å²) in [6.07, 6.45) is 1.74. The molecule has 0 saturated heterocycles. The fraction of sp³-hybridized carbons (Fsp3) is 0.438. The number of aliphatic imine (C=N–C) groups is 1. The van der Waals surface area contributed by atoms with E-state index in [2.05, 4.69) is 10.3 Å². The number of nitrogens with zero attached hydrogens (tertiary/aromatic N) is 3. The van der Waals surface area contributed by atoms with Crippen LogP contribution in [0.5, 0.6) is 5.75 Å². The van der Waals surface area contributed by atoms with Gasteiger partial charge in [0.1, 0.15) is 29.3 Å². The Kier molecular flexibility index (Phi) is 5.02. The fourth-order valence-corrected chi connectivity index (χ4v) is 3.36. The molecular formula is C16H18N4O4S. The first-order chi connectivity index (χ1) is 11.6. The van der Waals surface area contributed by atoms with Gasteiger partial charge in [-0.15, -0.1) is 0 Å². The van der Waals surface area contributed by atoms with Crippen LogP contribution in [-0.4, -0.2) is 32.2 Å². The molecule has 0 bridgehead atoms. The number of hydrogen-bond acceptors (Lipinski definition) is 7. The fourth-order valence-electron chi connectivity index (χ4n) is 2.64. The topological polar surface area (TPSA) is 125 Å². The molecule has 1 aliphatic rings.